The molecular weight excluding hydrogens is 290 g/mol. The van der Waals surface area contributed by atoms with Gasteiger partial charge in [0.05, 0.1) is 0 Å². The van der Waals surface area contributed by atoms with Gasteiger partial charge in [0.15, 0.2) is 5.58 Å². The molecule has 0 aliphatic rings. The molecule has 0 N–H and O–H groups in total. The minimum atomic E-state index is 0.672. The van der Waals surface area contributed by atoms with Crippen molar-refractivity contribution in [3.63, 3.8) is 0 Å². The molecule has 90 valence electrons. The first-order chi connectivity index (χ1) is 8.63. The molecule has 2 nitrogen and oxygen atoms in total. The molecule has 0 saturated heterocycles. The van der Waals surface area contributed by atoms with Crippen LogP contribution < -0.4 is 0 Å². The summed E-state index contributed by atoms with van der Waals surface area (Å²) in [6, 6.07) is 12.1. The maximum absolute atomic E-state index is 5.79. The Balaban J connectivity index is 2.16. The molecule has 3 heteroatoms. The second-order valence-corrected chi connectivity index (χ2v) is 5.35. The topological polar surface area (TPSA) is 26.0 Å². The highest BCUT2D eigenvalue weighted by Gasteiger charge is 2.09. The molecule has 0 fully saturated rings. The van der Waals surface area contributed by atoms with Gasteiger partial charge in [-0.1, -0.05) is 22.0 Å². The number of aryl methyl sites for hydroxylation is 2. The number of aromatic nitrogens is 1. The number of oxazole rings is 1. The number of hydrogen-bond donors (Lipinski definition) is 0. The van der Waals surface area contributed by atoms with Crippen molar-refractivity contribution in [1.82, 2.24) is 4.98 Å². The van der Waals surface area contributed by atoms with E-state index in [-0.39, 0.29) is 0 Å². The van der Waals surface area contributed by atoms with Gasteiger partial charge < -0.3 is 4.42 Å². The maximum atomic E-state index is 5.79. The molecule has 0 amide bonds. The van der Waals surface area contributed by atoms with Crippen LogP contribution >= 0.6 is 15.9 Å². The summed E-state index contributed by atoms with van der Waals surface area (Å²) in [4.78, 5) is 4.51. The van der Waals surface area contributed by atoms with Crippen LogP contribution in [0.4, 0.5) is 0 Å². The Morgan fingerprint density at radius 2 is 1.83 bits per heavy atom. The van der Waals surface area contributed by atoms with Crippen LogP contribution in [0.15, 0.2) is 45.3 Å². The maximum Gasteiger partial charge on any atom is 0.227 e. The van der Waals surface area contributed by atoms with E-state index >= 15 is 0 Å². The van der Waals surface area contributed by atoms with E-state index < -0.39 is 0 Å². The summed E-state index contributed by atoms with van der Waals surface area (Å²) < 4.78 is 6.79. The Kier molecular flexibility index (Phi) is 2.71. The Morgan fingerprint density at radius 1 is 1.00 bits per heavy atom. The largest absolute Gasteiger partial charge is 0.436 e. The van der Waals surface area contributed by atoms with Crippen LogP contribution in [0.2, 0.25) is 0 Å². The van der Waals surface area contributed by atoms with Crippen LogP contribution in [0.3, 0.4) is 0 Å². The van der Waals surface area contributed by atoms with E-state index in [9.17, 15) is 0 Å². The van der Waals surface area contributed by atoms with Crippen molar-refractivity contribution in [3.05, 3.63) is 52.0 Å². The minimum Gasteiger partial charge on any atom is -0.436 e. The Labute approximate surface area is 114 Å². The van der Waals surface area contributed by atoms with E-state index in [0.717, 1.165) is 21.1 Å². The van der Waals surface area contributed by atoms with E-state index in [2.05, 4.69) is 46.9 Å². The van der Waals surface area contributed by atoms with Gasteiger partial charge in [-0.3, -0.25) is 0 Å². The first kappa shape index (κ1) is 11.5. The number of fused-ring (bicyclic) bond motifs is 1. The Morgan fingerprint density at radius 3 is 2.61 bits per heavy atom. The zero-order valence-electron chi connectivity index (χ0n) is 10.2. The van der Waals surface area contributed by atoms with Gasteiger partial charge >= 0.3 is 0 Å². The molecule has 3 rings (SSSR count). The fourth-order valence-corrected chi connectivity index (χ4v) is 2.24. The highest BCUT2D eigenvalue weighted by Crippen LogP contribution is 2.27. The zero-order chi connectivity index (χ0) is 12.7. The number of benzene rings is 2. The molecule has 1 aromatic heterocycles. The predicted octanol–water partition coefficient (Wildman–Crippen LogP) is 4.87. The van der Waals surface area contributed by atoms with Gasteiger partial charge in [-0.15, -0.1) is 0 Å². The first-order valence-corrected chi connectivity index (χ1v) is 6.56. The van der Waals surface area contributed by atoms with Crippen LogP contribution in [0.25, 0.3) is 22.6 Å². The van der Waals surface area contributed by atoms with E-state index in [1.165, 1.54) is 11.1 Å². The van der Waals surface area contributed by atoms with E-state index in [1.807, 2.05) is 24.3 Å². The van der Waals surface area contributed by atoms with Crippen LogP contribution in [-0.4, -0.2) is 4.98 Å². The fraction of sp³-hybridized carbons (Fsp3) is 0.133. The minimum absolute atomic E-state index is 0.672. The third-order valence-corrected chi connectivity index (χ3v) is 3.60. The van der Waals surface area contributed by atoms with Crippen molar-refractivity contribution in [1.29, 1.82) is 0 Å². The molecule has 0 atom stereocenters. The lowest BCUT2D eigenvalue weighted by atomic mass is 10.1. The fourth-order valence-electron chi connectivity index (χ4n) is 1.90. The molecule has 0 saturated carbocycles. The van der Waals surface area contributed by atoms with Crippen molar-refractivity contribution in [3.8, 4) is 11.5 Å². The lowest BCUT2D eigenvalue weighted by Gasteiger charge is -2.01. The summed E-state index contributed by atoms with van der Waals surface area (Å²) in [5.41, 5.74) is 5.22. The number of nitrogens with zero attached hydrogens (tertiary/aromatic N) is 1. The van der Waals surface area contributed by atoms with Crippen molar-refractivity contribution in [2.24, 2.45) is 0 Å². The van der Waals surface area contributed by atoms with Crippen molar-refractivity contribution in [2.75, 3.05) is 0 Å². The van der Waals surface area contributed by atoms with Crippen LogP contribution in [-0.2, 0) is 0 Å². The van der Waals surface area contributed by atoms with Gasteiger partial charge in [-0.05, 0) is 55.3 Å². The van der Waals surface area contributed by atoms with Gasteiger partial charge in [-0.25, -0.2) is 4.98 Å². The molecule has 0 aliphatic carbocycles. The average molecular weight is 302 g/mol. The monoisotopic (exact) mass is 301 g/mol. The highest BCUT2D eigenvalue weighted by atomic mass is 79.9. The van der Waals surface area contributed by atoms with Crippen molar-refractivity contribution >= 4 is 27.0 Å². The molecule has 0 unspecified atom stereocenters. The van der Waals surface area contributed by atoms with Gasteiger partial charge in [0.25, 0.3) is 0 Å². The van der Waals surface area contributed by atoms with Gasteiger partial charge in [0.2, 0.25) is 5.89 Å². The third kappa shape index (κ3) is 1.95. The van der Waals surface area contributed by atoms with E-state index in [4.69, 9.17) is 4.42 Å². The van der Waals surface area contributed by atoms with Crippen LogP contribution in [0.1, 0.15) is 11.1 Å². The number of rotatable bonds is 1. The summed E-state index contributed by atoms with van der Waals surface area (Å²) in [5.74, 6) is 0.672. The molecule has 0 radical (unpaired) electrons. The molecule has 0 bridgehead atoms. The first-order valence-electron chi connectivity index (χ1n) is 5.77. The Bertz CT molecular complexity index is 730. The Hall–Kier alpha value is -1.61. The molecule has 18 heavy (non-hydrogen) atoms. The van der Waals surface area contributed by atoms with Crippen LogP contribution in [0, 0.1) is 13.8 Å². The average Bonchev–Trinajstić information content (AvgIpc) is 2.75. The van der Waals surface area contributed by atoms with E-state index in [1.54, 1.807) is 0 Å². The summed E-state index contributed by atoms with van der Waals surface area (Å²) in [6.07, 6.45) is 0. The number of hydrogen-bond acceptors (Lipinski definition) is 2. The van der Waals surface area contributed by atoms with Gasteiger partial charge in [-0.2, -0.15) is 0 Å². The summed E-state index contributed by atoms with van der Waals surface area (Å²) in [6.45, 7) is 4.19. The SMILES string of the molecule is Cc1ccc(-c2nc3ccc(Br)cc3o2)cc1C. The molecule has 1 heterocycles. The van der Waals surface area contributed by atoms with Crippen molar-refractivity contribution < 1.29 is 4.42 Å². The zero-order valence-corrected chi connectivity index (χ0v) is 11.8. The second kappa shape index (κ2) is 4.25. The number of halogens is 1. The summed E-state index contributed by atoms with van der Waals surface area (Å²) in [7, 11) is 0. The quantitative estimate of drug-likeness (QED) is 0.640. The van der Waals surface area contributed by atoms with Crippen LogP contribution in [0.5, 0.6) is 0 Å². The van der Waals surface area contributed by atoms with Crippen molar-refractivity contribution in [2.45, 2.75) is 13.8 Å². The molecule has 2 aromatic carbocycles. The molecule has 0 aliphatic heterocycles. The second-order valence-electron chi connectivity index (χ2n) is 4.43. The van der Waals surface area contributed by atoms with E-state index in [0.29, 0.717) is 5.89 Å². The third-order valence-electron chi connectivity index (χ3n) is 3.10. The molecular formula is C15H12BrNO. The van der Waals surface area contributed by atoms with Gasteiger partial charge in [0.1, 0.15) is 5.52 Å². The standard InChI is InChI=1S/C15H12BrNO/c1-9-3-4-11(7-10(9)2)15-17-13-6-5-12(16)8-14(13)18-15/h3-8H,1-2H3. The molecule has 0 spiro atoms. The summed E-state index contributed by atoms with van der Waals surface area (Å²) in [5, 5.41) is 0. The normalized spacial score (nSPS) is 11.1. The van der Waals surface area contributed by atoms with Gasteiger partial charge in [0, 0.05) is 10.0 Å². The summed E-state index contributed by atoms with van der Waals surface area (Å²) >= 11 is 3.43. The molecule has 3 aromatic rings. The lowest BCUT2D eigenvalue weighted by molar-refractivity contribution is 0.619. The predicted molar refractivity (Wildman–Crippen MR) is 76.6 cm³/mol. The lowest BCUT2D eigenvalue weighted by Crippen LogP contribution is -1.83. The highest BCUT2D eigenvalue weighted by molar-refractivity contribution is 9.10. The smallest absolute Gasteiger partial charge is 0.227 e.